The minimum absolute atomic E-state index is 0.0377. The van der Waals surface area contributed by atoms with Crippen LogP contribution in [0.25, 0.3) is 11.4 Å². The molecule has 0 aliphatic carbocycles. The van der Waals surface area contributed by atoms with Crippen LogP contribution in [-0.4, -0.2) is 40.5 Å². The van der Waals surface area contributed by atoms with Gasteiger partial charge in [0.25, 0.3) is 5.91 Å². The lowest BCUT2D eigenvalue weighted by molar-refractivity contribution is -0.139. The predicted molar refractivity (Wildman–Crippen MR) is 106 cm³/mol. The van der Waals surface area contributed by atoms with Crippen molar-refractivity contribution < 1.29 is 14.3 Å². The minimum Gasteiger partial charge on any atom is -0.497 e. The Hall–Kier alpha value is -3.28. The molecule has 6 nitrogen and oxygen atoms in total. The summed E-state index contributed by atoms with van der Waals surface area (Å²) in [5.74, 6) is 2.13. The van der Waals surface area contributed by atoms with Crippen LogP contribution in [0.5, 0.6) is 11.5 Å². The molecule has 0 fully saturated rings. The van der Waals surface area contributed by atoms with Gasteiger partial charge in [-0.1, -0.05) is 36.4 Å². The van der Waals surface area contributed by atoms with Crippen LogP contribution >= 0.6 is 0 Å². The highest BCUT2D eigenvalue weighted by molar-refractivity contribution is 5.81. The van der Waals surface area contributed by atoms with Crippen LogP contribution in [0, 0.1) is 0 Å². The Labute approximate surface area is 164 Å². The third-order valence-corrected chi connectivity index (χ3v) is 4.89. The molecule has 6 heteroatoms. The number of H-pyrrole nitrogens is 1. The van der Waals surface area contributed by atoms with E-state index in [1.165, 1.54) is 0 Å². The van der Waals surface area contributed by atoms with Gasteiger partial charge in [-0.15, -0.1) is 0 Å². The number of fused-ring (bicyclic) bond motifs is 1. The van der Waals surface area contributed by atoms with Crippen molar-refractivity contribution in [2.24, 2.45) is 0 Å². The lowest BCUT2D eigenvalue weighted by atomic mass is 10.1. The fourth-order valence-corrected chi connectivity index (χ4v) is 3.40. The van der Waals surface area contributed by atoms with Gasteiger partial charge in [-0.05, 0) is 19.1 Å². The van der Waals surface area contributed by atoms with Gasteiger partial charge in [0.1, 0.15) is 17.3 Å². The maximum Gasteiger partial charge on any atom is 0.263 e. The van der Waals surface area contributed by atoms with Crippen molar-refractivity contribution in [2.45, 2.75) is 26.0 Å². The van der Waals surface area contributed by atoms with Gasteiger partial charge in [0.05, 0.1) is 25.0 Å². The Balaban J connectivity index is 1.44. The molecule has 1 N–H and O–H groups in total. The average molecular weight is 377 g/mol. The van der Waals surface area contributed by atoms with E-state index in [1.807, 2.05) is 53.4 Å². The zero-order chi connectivity index (χ0) is 19.5. The highest BCUT2D eigenvalue weighted by Gasteiger charge is 2.28. The highest BCUT2D eigenvalue weighted by atomic mass is 16.5. The van der Waals surface area contributed by atoms with E-state index in [1.54, 1.807) is 20.1 Å². The smallest absolute Gasteiger partial charge is 0.263 e. The van der Waals surface area contributed by atoms with Crippen molar-refractivity contribution in [3.63, 3.8) is 0 Å². The van der Waals surface area contributed by atoms with Crippen LogP contribution < -0.4 is 9.47 Å². The van der Waals surface area contributed by atoms with Crippen molar-refractivity contribution in [1.29, 1.82) is 0 Å². The Morgan fingerprint density at radius 3 is 2.71 bits per heavy atom. The summed E-state index contributed by atoms with van der Waals surface area (Å²) in [6, 6.07) is 17.3. The summed E-state index contributed by atoms with van der Waals surface area (Å²) >= 11 is 0. The Bertz CT molecular complexity index is 968. The summed E-state index contributed by atoms with van der Waals surface area (Å²) in [5, 5.41) is 0. The van der Waals surface area contributed by atoms with E-state index >= 15 is 0 Å². The molecule has 1 unspecified atom stereocenters. The summed E-state index contributed by atoms with van der Waals surface area (Å²) in [6.07, 6.45) is 0.154. The molecule has 2 aromatic carbocycles. The first-order valence-electron chi connectivity index (χ1n) is 9.36. The van der Waals surface area contributed by atoms with E-state index in [4.69, 9.17) is 14.5 Å². The van der Waals surface area contributed by atoms with E-state index in [2.05, 4.69) is 4.98 Å². The summed E-state index contributed by atoms with van der Waals surface area (Å²) in [5.41, 5.74) is 3.07. The molecule has 1 atom stereocenters. The van der Waals surface area contributed by atoms with Crippen LogP contribution in [0.4, 0.5) is 0 Å². The summed E-state index contributed by atoms with van der Waals surface area (Å²) in [4.78, 5) is 22.8. The van der Waals surface area contributed by atoms with E-state index in [9.17, 15) is 4.79 Å². The van der Waals surface area contributed by atoms with E-state index in [0.29, 0.717) is 24.6 Å². The molecule has 0 spiro atoms. The fraction of sp³-hybridized carbons (Fsp3) is 0.273. The summed E-state index contributed by atoms with van der Waals surface area (Å²) in [6.45, 7) is 2.93. The average Bonchev–Trinajstić information content (AvgIpc) is 3.17. The van der Waals surface area contributed by atoms with Gasteiger partial charge in [0, 0.05) is 24.6 Å². The molecule has 4 rings (SSSR count). The number of ether oxygens (including phenoxy) is 2. The van der Waals surface area contributed by atoms with E-state index in [0.717, 1.165) is 29.2 Å². The predicted octanol–water partition coefficient (Wildman–Crippen LogP) is 3.44. The standard InChI is InChI=1S/C22H23N3O3/c1-15(28-18-10-6-9-17(13-18)27-2)22(26)25-12-11-19-20(14-25)24-21(23-19)16-7-4-3-5-8-16/h3-10,13,15H,11-12,14H2,1-2H3,(H,23,24). The maximum absolute atomic E-state index is 12.9. The highest BCUT2D eigenvalue weighted by Crippen LogP contribution is 2.24. The van der Waals surface area contributed by atoms with Crippen LogP contribution in [0.3, 0.4) is 0 Å². The molecule has 3 aromatic rings. The maximum atomic E-state index is 12.9. The third kappa shape index (κ3) is 3.71. The Kier molecular flexibility index (Phi) is 5.02. The first-order chi connectivity index (χ1) is 13.6. The summed E-state index contributed by atoms with van der Waals surface area (Å²) < 4.78 is 11.0. The molecule has 0 saturated heterocycles. The van der Waals surface area contributed by atoms with Crippen LogP contribution in [0.2, 0.25) is 0 Å². The van der Waals surface area contributed by atoms with Gasteiger partial charge in [-0.3, -0.25) is 4.79 Å². The molecule has 28 heavy (non-hydrogen) atoms. The molecule has 2 heterocycles. The number of aromatic amines is 1. The Morgan fingerprint density at radius 1 is 1.14 bits per heavy atom. The molecular weight excluding hydrogens is 354 g/mol. The van der Waals surface area contributed by atoms with Crippen molar-refractivity contribution in [2.75, 3.05) is 13.7 Å². The van der Waals surface area contributed by atoms with Gasteiger partial charge >= 0.3 is 0 Å². The van der Waals surface area contributed by atoms with E-state index in [-0.39, 0.29) is 5.91 Å². The number of carbonyl (C=O) groups excluding carboxylic acids is 1. The monoisotopic (exact) mass is 377 g/mol. The zero-order valence-electron chi connectivity index (χ0n) is 16.0. The lowest BCUT2D eigenvalue weighted by Gasteiger charge is -2.28. The van der Waals surface area contributed by atoms with Gasteiger partial charge < -0.3 is 19.4 Å². The number of hydrogen-bond donors (Lipinski definition) is 1. The number of rotatable bonds is 5. The first-order valence-corrected chi connectivity index (χ1v) is 9.36. The number of methoxy groups -OCH3 is 1. The van der Waals surface area contributed by atoms with Crippen molar-refractivity contribution in [1.82, 2.24) is 14.9 Å². The number of nitrogens with one attached hydrogen (secondary N) is 1. The second-order valence-corrected chi connectivity index (χ2v) is 6.83. The van der Waals surface area contributed by atoms with Gasteiger partial charge in [-0.2, -0.15) is 0 Å². The van der Waals surface area contributed by atoms with Crippen molar-refractivity contribution in [3.05, 3.63) is 66.0 Å². The molecule has 1 amide bonds. The largest absolute Gasteiger partial charge is 0.497 e. The molecule has 0 bridgehead atoms. The number of aromatic nitrogens is 2. The molecule has 1 aliphatic heterocycles. The first kappa shape index (κ1) is 18.1. The molecule has 1 aliphatic rings. The lowest BCUT2D eigenvalue weighted by Crippen LogP contribution is -2.43. The van der Waals surface area contributed by atoms with Crippen molar-refractivity contribution >= 4 is 5.91 Å². The summed E-state index contributed by atoms with van der Waals surface area (Å²) in [7, 11) is 1.60. The van der Waals surface area contributed by atoms with E-state index < -0.39 is 6.10 Å². The van der Waals surface area contributed by atoms with Crippen LogP contribution in [-0.2, 0) is 17.8 Å². The molecular formula is C22H23N3O3. The number of hydrogen-bond acceptors (Lipinski definition) is 4. The van der Waals surface area contributed by atoms with Gasteiger partial charge in [0.15, 0.2) is 6.10 Å². The van der Waals surface area contributed by atoms with Gasteiger partial charge in [0.2, 0.25) is 0 Å². The molecule has 1 aromatic heterocycles. The van der Waals surface area contributed by atoms with Crippen molar-refractivity contribution in [3.8, 4) is 22.9 Å². The van der Waals surface area contributed by atoms with Gasteiger partial charge in [-0.25, -0.2) is 4.98 Å². The number of amides is 1. The third-order valence-electron chi connectivity index (χ3n) is 4.89. The topological polar surface area (TPSA) is 67.5 Å². The fourth-order valence-electron chi connectivity index (χ4n) is 3.40. The SMILES string of the molecule is COc1cccc(OC(C)C(=O)N2CCc3nc(-c4ccccc4)[nH]c3C2)c1. The van der Waals surface area contributed by atoms with Crippen LogP contribution in [0.15, 0.2) is 54.6 Å². The molecule has 0 radical (unpaired) electrons. The minimum atomic E-state index is -0.579. The Morgan fingerprint density at radius 2 is 1.93 bits per heavy atom. The zero-order valence-corrected chi connectivity index (χ0v) is 16.0. The number of benzene rings is 2. The molecule has 0 saturated carbocycles. The normalized spacial score (nSPS) is 14.3. The number of carbonyl (C=O) groups is 1. The number of nitrogens with zero attached hydrogens (tertiary/aromatic N) is 2. The quantitative estimate of drug-likeness (QED) is 0.740. The van der Waals surface area contributed by atoms with Crippen LogP contribution in [0.1, 0.15) is 18.3 Å². The molecule has 144 valence electrons. The second-order valence-electron chi connectivity index (χ2n) is 6.83. The number of imidazole rings is 1. The second kappa shape index (κ2) is 7.76.